The zero-order chi connectivity index (χ0) is 7.82. The number of hydrogen-bond donors (Lipinski definition) is 1. The summed E-state index contributed by atoms with van der Waals surface area (Å²) in [4.78, 5) is 0. The van der Waals surface area contributed by atoms with E-state index in [2.05, 4.69) is 24.8 Å². The molecule has 0 spiro atoms. The maximum absolute atomic E-state index is 4.78. The minimum absolute atomic E-state index is 0.222. The summed E-state index contributed by atoms with van der Waals surface area (Å²) in [7, 11) is 0. The van der Waals surface area contributed by atoms with Gasteiger partial charge < -0.3 is 5.73 Å². The molecule has 0 fully saturated rings. The lowest BCUT2D eigenvalue weighted by atomic mass is 10.2. The van der Waals surface area contributed by atoms with Gasteiger partial charge in [-0.3, -0.25) is 0 Å². The first-order valence-corrected chi connectivity index (χ1v) is 3.62. The molecular weight excluding hydrogens is 146 g/mol. The summed E-state index contributed by atoms with van der Waals surface area (Å²) in [6, 6.07) is 10.5. The normalized spacial score (nSPS) is 7.90. The molecule has 0 amide bonds. The monoisotopic (exact) mass is 157 g/mol. The van der Waals surface area contributed by atoms with Crippen molar-refractivity contribution in [2.45, 2.75) is 6.92 Å². The average molecular weight is 158 g/mol. The van der Waals surface area contributed by atoms with Gasteiger partial charge in [-0.1, -0.05) is 35.9 Å². The van der Waals surface area contributed by atoms with Crippen molar-refractivity contribution in [1.82, 2.24) is 0 Å². The second-order valence-electron chi connectivity index (χ2n) is 1.81. The number of aryl methyl sites for hydroxylation is 1. The van der Waals surface area contributed by atoms with Crippen LogP contribution in [0.5, 0.6) is 0 Å². The Hall–Kier alpha value is -0.530. The van der Waals surface area contributed by atoms with Crippen LogP contribution < -0.4 is 5.73 Å². The number of nitrogens with two attached hydrogens (primary N) is 1. The van der Waals surface area contributed by atoms with Gasteiger partial charge in [0.15, 0.2) is 0 Å². The maximum atomic E-state index is 4.78. The van der Waals surface area contributed by atoms with E-state index >= 15 is 0 Å². The molecule has 0 aliphatic rings. The van der Waals surface area contributed by atoms with Crippen molar-refractivity contribution in [3.05, 3.63) is 35.9 Å². The van der Waals surface area contributed by atoms with Gasteiger partial charge in [-0.05, 0) is 6.92 Å². The molecule has 0 aliphatic heterocycles. The molecule has 0 unspecified atom stereocenters. The Morgan fingerprint density at radius 1 is 1.30 bits per heavy atom. The molecule has 0 radical (unpaired) electrons. The summed E-state index contributed by atoms with van der Waals surface area (Å²) in [6.45, 7) is 2.08. The van der Waals surface area contributed by atoms with Gasteiger partial charge in [0.25, 0.3) is 0 Å². The number of rotatable bonds is 0. The van der Waals surface area contributed by atoms with Crippen LogP contribution in [0.4, 0.5) is 0 Å². The zero-order valence-corrected chi connectivity index (χ0v) is 6.81. The molecule has 1 aromatic carbocycles. The molecule has 0 atom stereocenters. The quantitative estimate of drug-likeness (QED) is 0.453. The van der Waals surface area contributed by atoms with Crippen molar-refractivity contribution in [3.8, 4) is 0 Å². The third-order valence-corrected chi connectivity index (χ3v) is 0.940. The summed E-state index contributed by atoms with van der Waals surface area (Å²) in [5, 5.41) is 0. The Kier molecular flexibility index (Phi) is 6.24. The van der Waals surface area contributed by atoms with Gasteiger partial charge >= 0.3 is 0 Å². The highest BCUT2D eigenvalue weighted by molar-refractivity contribution is 6.17. The third kappa shape index (κ3) is 5.60. The van der Waals surface area contributed by atoms with Crippen LogP contribution in [0.2, 0.25) is 0 Å². The van der Waals surface area contributed by atoms with Crippen LogP contribution >= 0.6 is 11.6 Å². The molecule has 0 aliphatic carbocycles. The number of halogens is 1. The fraction of sp³-hybridized carbons (Fsp3) is 0.250. The fourth-order valence-electron chi connectivity index (χ4n) is 0.534. The molecule has 1 aromatic rings. The van der Waals surface area contributed by atoms with Crippen LogP contribution in [0.3, 0.4) is 0 Å². The van der Waals surface area contributed by atoms with Gasteiger partial charge in [-0.25, -0.2) is 0 Å². The van der Waals surface area contributed by atoms with E-state index in [1.165, 1.54) is 5.56 Å². The van der Waals surface area contributed by atoms with Crippen LogP contribution in [-0.4, -0.2) is 6.00 Å². The lowest BCUT2D eigenvalue weighted by Gasteiger charge is -1.82. The number of benzene rings is 1. The highest BCUT2D eigenvalue weighted by Crippen LogP contribution is 1.92. The minimum Gasteiger partial charge on any atom is -0.318 e. The topological polar surface area (TPSA) is 26.0 Å². The predicted molar refractivity (Wildman–Crippen MR) is 46.1 cm³/mol. The van der Waals surface area contributed by atoms with Gasteiger partial charge in [-0.2, -0.15) is 0 Å². The van der Waals surface area contributed by atoms with E-state index in [0.29, 0.717) is 0 Å². The molecule has 0 saturated carbocycles. The summed E-state index contributed by atoms with van der Waals surface area (Å²) in [6.07, 6.45) is 0. The lowest BCUT2D eigenvalue weighted by molar-refractivity contribution is 1.39. The van der Waals surface area contributed by atoms with Crippen LogP contribution in [0, 0.1) is 6.92 Å². The van der Waals surface area contributed by atoms with Crippen molar-refractivity contribution in [2.75, 3.05) is 6.00 Å². The zero-order valence-electron chi connectivity index (χ0n) is 6.05. The van der Waals surface area contributed by atoms with Crippen molar-refractivity contribution in [1.29, 1.82) is 0 Å². The smallest absolute Gasteiger partial charge is 0.0688 e. The summed E-state index contributed by atoms with van der Waals surface area (Å²) >= 11 is 4.78. The number of alkyl halides is 1. The summed E-state index contributed by atoms with van der Waals surface area (Å²) in [5.74, 6) is 0. The second kappa shape index (κ2) is 6.59. The fourth-order valence-corrected chi connectivity index (χ4v) is 0.534. The summed E-state index contributed by atoms with van der Waals surface area (Å²) in [5.41, 5.74) is 5.93. The molecule has 1 nitrogen and oxygen atoms in total. The Balaban J connectivity index is 0.000000236. The first-order chi connectivity index (χ1) is 4.81. The van der Waals surface area contributed by atoms with E-state index in [1.54, 1.807) is 0 Å². The molecule has 0 aromatic heterocycles. The Labute approximate surface area is 66.8 Å². The van der Waals surface area contributed by atoms with E-state index in [9.17, 15) is 0 Å². The lowest BCUT2D eigenvalue weighted by Crippen LogP contribution is -1.83. The van der Waals surface area contributed by atoms with E-state index < -0.39 is 0 Å². The molecule has 2 N–H and O–H groups in total. The first-order valence-electron chi connectivity index (χ1n) is 3.09. The number of hydrogen-bond acceptors (Lipinski definition) is 1. The van der Waals surface area contributed by atoms with E-state index in [-0.39, 0.29) is 6.00 Å². The standard InChI is InChI=1S/C7H8.CH4ClN/c1-7-5-3-2-4-6-7;2-1-3/h2-6H,1H3;1,3H2. The van der Waals surface area contributed by atoms with E-state index in [0.717, 1.165) is 0 Å². The van der Waals surface area contributed by atoms with Crippen molar-refractivity contribution in [3.63, 3.8) is 0 Å². The molecule has 0 saturated heterocycles. The maximum Gasteiger partial charge on any atom is 0.0688 e. The average Bonchev–Trinajstić information content (AvgIpc) is 1.91. The molecule has 1 rings (SSSR count). The predicted octanol–water partition coefficient (Wildman–Crippen LogP) is 2.14. The van der Waals surface area contributed by atoms with Gasteiger partial charge in [0.1, 0.15) is 0 Å². The van der Waals surface area contributed by atoms with Crippen LogP contribution in [0.15, 0.2) is 30.3 Å². The largest absolute Gasteiger partial charge is 0.318 e. The van der Waals surface area contributed by atoms with Gasteiger partial charge in [0, 0.05) is 0 Å². The molecule has 2 heteroatoms. The Morgan fingerprint density at radius 3 is 1.90 bits per heavy atom. The first kappa shape index (κ1) is 9.47. The molecule has 10 heavy (non-hydrogen) atoms. The second-order valence-corrected chi connectivity index (χ2v) is 2.12. The van der Waals surface area contributed by atoms with Crippen LogP contribution in [-0.2, 0) is 0 Å². The van der Waals surface area contributed by atoms with E-state index in [1.807, 2.05) is 18.2 Å². The van der Waals surface area contributed by atoms with Crippen molar-refractivity contribution in [2.24, 2.45) is 5.73 Å². The van der Waals surface area contributed by atoms with Crippen molar-refractivity contribution >= 4 is 11.6 Å². The minimum atomic E-state index is 0.222. The molecule has 56 valence electrons. The van der Waals surface area contributed by atoms with Crippen molar-refractivity contribution < 1.29 is 0 Å². The highest BCUT2D eigenvalue weighted by atomic mass is 35.5. The van der Waals surface area contributed by atoms with Gasteiger partial charge in [0.05, 0.1) is 6.00 Å². The SMILES string of the molecule is Cc1ccccc1.NCCl. The van der Waals surface area contributed by atoms with Crippen LogP contribution in [0.1, 0.15) is 5.56 Å². The molecular formula is C8H12ClN. The third-order valence-electron chi connectivity index (χ3n) is 0.940. The van der Waals surface area contributed by atoms with Gasteiger partial charge in [0.2, 0.25) is 0 Å². The van der Waals surface area contributed by atoms with E-state index in [4.69, 9.17) is 11.6 Å². The Morgan fingerprint density at radius 2 is 1.70 bits per heavy atom. The van der Waals surface area contributed by atoms with Crippen LogP contribution in [0.25, 0.3) is 0 Å². The molecule has 0 bridgehead atoms. The summed E-state index contributed by atoms with van der Waals surface area (Å²) < 4.78 is 0. The van der Waals surface area contributed by atoms with Gasteiger partial charge in [-0.15, -0.1) is 11.6 Å². The highest BCUT2D eigenvalue weighted by Gasteiger charge is 1.72. The Bertz CT molecular complexity index is 151. The molecule has 0 heterocycles.